The Labute approximate surface area is 158 Å². The molecule has 0 saturated heterocycles. The summed E-state index contributed by atoms with van der Waals surface area (Å²) in [5.41, 5.74) is 0. The summed E-state index contributed by atoms with van der Waals surface area (Å²) in [5.74, 6) is -0.207. The smallest absolute Gasteiger partial charge is 0.348 e. The number of unbranched alkanes of at least 4 members (excludes halogenated alkanes) is 9. The van der Waals surface area contributed by atoms with Crippen molar-refractivity contribution in [1.29, 1.82) is 0 Å². The van der Waals surface area contributed by atoms with Crippen LogP contribution in [0.25, 0.3) is 0 Å². The number of aromatic nitrogens is 2. The molecule has 0 spiro atoms. The molecule has 0 aliphatic carbocycles. The third-order valence-electron chi connectivity index (χ3n) is 4.06. The van der Waals surface area contributed by atoms with Gasteiger partial charge < -0.3 is 28.7 Å². The number of carbonyl (C=O) groups excluding carboxylic acids is 1. The first-order valence-corrected chi connectivity index (χ1v) is 8.88. The summed E-state index contributed by atoms with van der Waals surface area (Å²) < 4.78 is 8.67. The summed E-state index contributed by atoms with van der Waals surface area (Å²) in [6, 6.07) is 0. The van der Waals surface area contributed by atoms with Gasteiger partial charge in [0.15, 0.2) is 6.54 Å². The van der Waals surface area contributed by atoms with Crippen LogP contribution in [0.3, 0.4) is 0 Å². The lowest BCUT2D eigenvalue weighted by Crippen LogP contribution is -3.00. The first-order valence-electron chi connectivity index (χ1n) is 8.88. The number of methoxy groups -OCH3 is 1. The number of hydrogen-bond acceptors (Lipinski definition) is 2. The maximum atomic E-state index is 11.2. The largest absolute Gasteiger partial charge is 1.00 e. The van der Waals surface area contributed by atoms with E-state index in [1.54, 1.807) is 0 Å². The van der Waals surface area contributed by atoms with Gasteiger partial charge in [-0.15, -0.1) is 0 Å². The van der Waals surface area contributed by atoms with Crippen LogP contribution >= 0.6 is 0 Å². The molecule has 0 atom stereocenters. The van der Waals surface area contributed by atoms with Crippen molar-refractivity contribution in [2.24, 2.45) is 0 Å². The van der Waals surface area contributed by atoms with E-state index in [0.717, 1.165) is 6.54 Å². The first-order chi connectivity index (χ1) is 10.8. The van der Waals surface area contributed by atoms with Crippen molar-refractivity contribution in [2.45, 2.75) is 84.2 Å². The van der Waals surface area contributed by atoms with E-state index < -0.39 is 0 Å². The van der Waals surface area contributed by atoms with E-state index in [-0.39, 0.29) is 29.9 Å². The van der Waals surface area contributed by atoms with Crippen LogP contribution < -0.4 is 28.5 Å². The molecule has 23 heavy (non-hydrogen) atoms. The predicted molar refractivity (Wildman–Crippen MR) is 88.5 cm³/mol. The Kier molecular flexibility index (Phi) is 14.6. The van der Waals surface area contributed by atoms with Crippen molar-refractivity contribution >= 4 is 5.97 Å². The summed E-state index contributed by atoms with van der Waals surface area (Å²) in [5, 5.41) is 0. The van der Waals surface area contributed by atoms with Gasteiger partial charge in [-0.05, 0) is 12.8 Å². The Hall–Kier alpha value is -0.590. The summed E-state index contributed by atoms with van der Waals surface area (Å²) in [7, 11) is 1.42. The maximum Gasteiger partial charge on any atom is 0.348 e. The Morgan fingerprint density at radius 2 is 1.57 bits per heavy atom. The molecular formula is C18H33IN2O2. The quantitative estimate of drug-likeness (QED) is 0.199. The lowest BCUT2D eigenvalue weighted by molar-refractivity contribution is -0.685. The molecule has 0 aromatic carbocycles. The van der Waals surface area contributed by atoms with Crippen molar-refractivity contribution in [2.75, 3.05) is 7.11 Å². The molecule has 0 aliphatic heterocycles. The van der Waals surface area contributed by atoms with Gasteiger partial charge in [-0.3, -0.25) is 0 Å². The van der Waals surface area contributed by atoms with Crippen LogP contribution in [-0.4, -0.2) is 17.6 Å². The van der Waals surface area contributed by atoms with Gasteiger partial charge in [0.2, 0.25) is 6.33 Å². The summed E-state index contributed by atoms with van der Waals surface area (Å²) >= 11 is 0. The van der Waals surface area contributed by atoms with Crippen LogP contribution in [0.15, 0.2) is 18.7 Å². The molecule has 5 heteroatoms. The normalized spacial score (nSPS) is 10.3. The SMILES string of the molecule is CCCCCCCCCCCCn1cc[n+](CC(=O)OC)c1.[I-]. The lowest BCUT2D eigenvalue weighted by Gasteiger charge is -2.01. The zero-order valence-electron chi connectivity index (χ0n) is 14.8. The molecule has 1 rings (SSSR count). The van der Waals surface area contributed by atoms with E-state index in [9.17, 15) is 4.79 Å². The highest BCUT2D eigenvalue weighted by atomic mass is 127. The number of rotatable bonds is 13. The van der Waals surface area contributed by atoms with Gasteiger partial charge in [-0.2, -0.15) is 0 Å². The minimum absolute atomic E-state index is 0. The number of halogens is 1. The molecule has 0 unspecified atom stereocenters. The third kappa shape index (κ3) is 11.6. The minimum Gasteiger partial charge on any atom is -1.00 e. The van der Waals surface area contributed by atoms with Gasteiger partial charge in [-0.25, -0.2) is 13.9 Å². The predicted octanol–water partition coefficient (Wildman–Crippen LogP) is 0.874. The van der Waals surface area contributed by atoms with Crippen molar-refractivity contribution in [3.63, 3.8) is 0 Å². The van der Waals surface area contributed by atoms with Crippen LogP contribution in [0.1, 0.15) is 71.1 Å². The summed E-state index contributed by atoms with van der Waals surface area (Å²) in [4.78, 5) is 11.2. The van der Waals surface area contributed by atoms with E-state index in [0.29, 0.717) is 6.54 Å². The van der Waals surface area contributed by atoms with Crippen molar-refractivity contribution in [1.82, 2.24) is 4.57 Å². The Bertz CT molecular complexity index is 407. The molecule has 0 aliphatic rings. The molecule has 134 valence electrons. The van der Waals surface area contributed by atoms with Gasteiger partial charge in [0, 0.05) is 0 Å². The van der Waals surface area contributed by atoms with E-state index in [4.69, 9.17) is 0 Å². The van der Waals surface area contributed by atoms with Crippen molar-refractivity contribution in [3.8, 4) is 0 Å². The van der Waals surface area contributed by atoms with Crippen molar-refractivity contribution in [3.05, 3.63) is 18.7 Å². The maximum absolute atomic E-state index is 11.2. The van der Waals surface area contributed by atoms with Gasteiger partial charge in [0.25, 0.3) is 0 Å². The number of hydrogen-bond donors (Lipinski definition) is 0. The summed E-state index contributed by atoms with van der Waals surface area (Å²) in [6.07, 6.45) is 19.5. The highest BCUT2D eigenvalue weighted by Gasteiger charge is 2.08. The van der Waals surface area contributed by atoms with Crippen LogP contribution in [0.5, 0.6) is 0 Å². The zero-order chi connectivity index (χ0) is 16.0. The molecule has 1 heterocycles. The van der Waals surface area contributed by atoms with Crippen molar-refractivity contribution < 1.29 is 38.1 Å². The molecule has 1 aromatic heterocycles. The molecular weight excluding hydrogens is 403 g/mol. The number of aryl methyl sites for hydroxylation is 1. The monoisotopic (exact) mass is 436 g/mol. The molecule has 0 radical (unpaired) electrons. The van der Waals surface area contributed by atoms with Crippen LogP contribution in [0.2, 0.25) is 0 Å². The fraction of sp³-hybridized carbons (Fsp3) is 0.778. The number of esters is 1. The average molecular weight is 436 g/mol. The highest BCUT2D eigenvalue weighted by Crippen LogP contribution is 2.10. The van der Waals surface area contributed by atoms with E-state index in [1.807, 2.05) is 23.3 Å². The zero-order valence-corrected chi connectivity index (χ0v) is 17.0. The van der Waals surface area contributed by atoms with E-state index >= 15 is 0 Å². The topological polar surface area (TPSA) is 35.1 Å². The molecule has 0 bridgehead atoms. The van der Waals surface area contributed by atoms with E-state index in [2.05, 4.69) is 16.2 Å². The second-order valence-electron chi connectivity index (χ2n) is 6.08. The standard InChI is InChI=1S/C18H33N2O2.HI/c1-3-4-5-6-7-8-9-10-11-12-13-19-14-15-20(17-19)16-18(21)22-2;/h14-15,17H,3-13,16H2,1-2H3;1H/q+1;/p-1. The molecule has 0 N–H and O–H groups in total. The molecule has 1 aromatic rings. The molecule has 0 saturated carbocycles. The highest BCUT2D eigenvalue weighted by molar-refractivity contribution is 5.67. The van der Waals surface area contributed by atoms with Crippen LogP contribution in [-0.2, 0) is 22.6 Å². The fourth-order valence-electron chi connectivity index (χ4n) is 2.66. The minimum atomic E-state index is -0.207. The van der Waals surface area contributed by atoms with Gasteiger partial charge in [0.05, 0.1) is 13.7 Å². The third-order valence-corrected chi connectivity index (χ3v) is 4.06. The number of carbonyl (C=O) groups is 1. The average Bonchev–Trinajstić information content (AvgIpc) is 2.96. The van der Waals surface area contributed by atoms with Gasteiger partial charge in [-0.1, -0.05) is 58.3 Å². The number of imidazole rings is 1. The number of nitrogens with zero attached hydrogens (tertiary/aromatic N) is 2. The molecule has 4 nitrogen and oxygen atoms in total. The van der Waals surface area contributed by atoms with Crippen LogP contribution in [0, 0.1) is 0 Å². The van der Waals surface area contributed by atoms with Gasteiger partial charge in [0.1, 0.15) is 12.4 Å². The number of ether oxygens (including phenoxy) is 1. The Balaban J connectivity index is 0.00000484. The Morgan fingerprint density at radius 3 is 2.13 bits per heavy atom. The van der Waals surface area contributed by atoms with Crippen LogP contribution in [0.4, 0.5) is 0 Å². The Morgan fingerprint density at radius 1 is 1.00 bits per heavy atom. The summed E-state index contributed by atoms with van der Waals surface area (Å²) in [6.45, 7) is 3.59. The van der Waals surface area contributed by atoms with E-state index in [1.165, 1.54) is 71.3 Å². The first kappa shape index (κ1) is 22.4. The fourth-order valence-corrected chi connectivity index (χ4v) is 2.66. The molecule has 0 amide bonds. The second-order valence-corrected chi connectivity index (χ2v) is 6.08. The second kappa shape index (κ2) is 15.0. The van der Waals surface area contributed by atoms with Gasteiger partial charge >= 0.3 is 5.97 Å². The lowest BCUT2D eigenvalue weighted by atomic mass is 10.1. The molecule has 0 fully saturated rings.